The molecule has 0 aliphatic carbocycles. The summed E-state index contributed by atoms with van der Waals surface area (Å²) in [7, 11) is 3.30. The first-order valence-corrected chi connectivity index (χ1v) is 9.87. The summed E-state index contributed by atoms with van der Waals surface area (Å²) in [4.78, 5) is 29.0. The van der Waals surface area contributed by atoms with Gasteiger partial charge in [-0.2, -0.15) is 4.99 Å². The summed E-state index contributed by atoms with van der Waals surface area (Å²) in [6, 6.07) is 8.38. The third-order valence-corrected chi connectivity index (χ3v) is 5.16. The van der Waals surface area contributed by atoms with Gasteiger partial charge in [-0.15, -0.1) is 0 Å². The van der Waals surface area contributed by atoms with Gasteiger partial charge in [0.25, 0.3) is 5.91 Å². The van der Waals surface area contributed by atoms with E-state index in [9.17, 15) is 9.59 Å². The molecule has 29 heavy (non-hydrogen) atoms. The Kier molecular flexibility index (Phi) is 6.07. The van der Waals surface area contributed by atoms with E-state index in [0.717, 1.165) is 25.1 Å². The molecule has 0 bridgehead atoms. The molecule has 0 radical (unpaired) electrons. The summed E-state index contributed by atoms with van der Waals surface area (Å²) < 4.78 is 14.6. The maximum absolute atomic E-state index is 12.9. The number of hydrogen-bond donors (Lipinski definition) is 0. The van der Waals surface area contributed by atoms with E-state index in [1.165, 1.54) is 13.2 Å². The van der Waals surface area contributed by atoms with E-state index in [-0.39, 0.29) is 11.5 Å². The molecule has 1 aromatic carbocycles. The average molecular weight is 399 g/mol. The summed E-state index contributed by atoms with van der Waals surface area (Å²) in [5, 5.41) is 0. The van der Waals surface area contributed by atoms with Gasteiger partial charge in [0.2, 0.25) is 0 Å². The Morgan fingerprint density at radius 3 is 2.59 bits per heavy atom. The molecule has 1 fully saturated rings. The molecule has 2 aromatic rings. The van der Waals surface area contributed by atoms with Crippen LogP contribution in [0.4, 0.5) is 0 Å². The lowest BCUT2D eigenvalue weighted by atomic mass is 9.92. The van der Waals surface area contributed by atoms with Crippen LogP contribution in [0.1, 0.15) is 60.0 Å². The number of esters is 1. The number of methoxy groups -OCH3 is 1. The molecule has 0 N–H and O–H groups in total. The second kappa shape index (κ2) is 8.37. The summed E-state index contributed by atoms with van der Waals surface area (Å²) in [6.45, 7) is 7.80. The van der Waals surface area contributed by atoms with Crippen LogP contribution in [0.15, 0.2) is 35.3 Å². The molecule has 1 aromatic heterocycles. The fourth-order valence-corrected chi connectivity index (χ4v) is 3.63. The van der Waals surface area contributed by atoms with E-state index < -0.39 is 11.9 Å². The molecular formula is C22H29N3O4. The Morgan fingerprint density at radius 2 is 1.97 bits per heavy atom. The van der Waals surface area contributed by atoms with Crippen molar-refractivity contribution in [1.82, 2.24) is 9.36 Å². The lowest BCUT2D eigenvalue weighted by Crippen LogP contribution is -2.30. The Bertz CT molecular complexity index is 973. The number of carbonyl (C=O) groups is 2. The van der Waals surface area contributed by atoms with Gasteiger partial charge in [0, 0.05) is 36.4 Å². The van der Waals surface area contributed by atoms with Gasteiger partial charge in [-0.05, 0) is 31.0 Å². The van der Waals surface area contributed by atoms with Crippen molar-refractivity contribution in [3.63, 3.8) is 0 Å². The first-order chi connectivity index (χ1) is 13.7. The van der Waals surface area contributed by atoms with E-state index >= 15 is 0 Å². The quantitative estimate of drug-likeness (QED) is 0.741. The van der Waals surface area contributed by atoms with Crippen molar-refractivity contribution in [2.75, 3.05) is 13.7 Å². The van der Waals surface area contributed by atoms with Crippen LogP contribution in [0.25, 0.3) is 0 Å². The van der Waals surface area contributed by atoms with E-state index in [1.807, 2.05) is 17.8 Å². The highest BCUT2D eigenvalue weighted by molar-refractivity contribution is 5.98. The average Bonchev–Trinajstić information content (AvgIpc) is 3.30. The second-order valence-corrected chi connectivity index (χ2v) is 8.37. The van der Waals surface area contributed by atoms with Crippen molar-refractivity contribution in [2.45, 2.75) is 51.7 Å². The van der Waals surface area contributed by atoms with E-state index in [1.54, 1.807) is 18.2 Å². The maximum Gasteiger partial charge on any atom is 0.337 e. The maximum atomic E-state index is 12.9. The van der Waals surface area contributed by atoms with Crippen LogP contribution in [-0.2, 0) is 28.5 Å². The highest BCUT2D eigenvalue weighted by Gasteiger charge is 2.23. The lowest BCUT2D eigenvalue weighted by molar-refractivity contribution is 0.0600. The second-order valence-electron chi connectivity index (χ2n) is 8.37. The highest BCUT2D eigenvalue weighted by atomic mass is 16.5. The number of nitrogens with zero attached hydrogens (tertiary/aromatic N) is 3. The Morgan fingerprint density at radius 1 is 1.24 bits per heavy atom. The zero-order valence-corrected chi connectivity index (χ0v) is 17.8. The fraction of sp³-hybridized carbons (Fsp3) is 0.500. The van der Waals surface area contributed by atoms with Crippen molar-refractivity contribution >= 4 is 11.9 Å². The third-order valence-electron chi connectivity index (χ3n) is 5.16. The number of benzene rings is 1. The summed E-state index contributed by atoms with van der Waals surface area (Å²) >= 11 is 0. The van der Waals surface area contributed by atoms with Gasteiger partial charge in [-0.3, -0.25) is 14.2 Å². The normalized spacial score (nSPS) is 17.6. The molecule has 7 heteroatoms. The predicted molar refractivity (Wildman–Crippen MR) is 109 cm³/mol. The van der Waals surface area contributed by atoms with E-state index in [0.29, 0.717) is 23.2 Å². The number of ether oxygens (including phenoxy) is 2. The summed E-state index contributed by atoms with van der Waals surface area (Å²) in [5.74, 6) is -0.884. The van der Waals surface area contributed by atoms with Crippen molar-refractivity contribution in [2.24, 2.45) is 12.0 Å². The van der Waals surface area contributed by atoms with Crippen LogP contribution in [0.5, 0.6) is 0 Å². The van der Waals surface area contributed by atoms with Crippen LogP contribution in [0.2, 0.25) is 0 Å². The van der Waals surface area contributed by atoms with Gasteiger partial charge in [0.1, 0.15) is 0 Å². The van der Waals surface area contributed by atoms with Crippen molar-refractivity contribution in [1.29, 1.82) is 0 Å². The molecule has 1 saturated heterocycles. The Hall–Kier alpha value is -2.67. The standard InChI is InChI=1S/C22H29N3O4/c1-22(2,3)18-13-19(25(24(18)4)14-17-10-7-11-29-17)23-20(26)15-8-6-9-16(12-15)21(27)28-5/h6,8-9,12-13,17H,7,10-11,14H2,1-5H3/b23-19+/t17-/m1/s1. The first kappa shape index (κ1) is 21.0. The minimum Gasteiger partial charge on any atom is -0.465 e. The number of rotatable bonds is 4. The van der Waals surface area contributed by atoms with Crippen molar-refractivity contribution in [3.8, 4) is 0 Å². The zero-order valence-electron chi connectivity index (χ0n) is 17.8. The molecule has 2 heterocycles. The van der Waals surface area contributed by atoms with Crippen LogP contribution in [0.3, 0.4) is 0 Å². The largest absolute Gasteiger partial charge is 0.465 e. The van der Waals surface area contributed by atoms with Crippen LogP contribution < -0.4 is 5.49 Å². The number of amides is 1. The molecule has 156 valence electrons. The molecule has 1 atom stereocenters. The number of hydrogen-bond acceptors (Lipinski definition) is 4. The molecule has 3 rings (SSSR count). The van der Waals surface area contributed by atoms with E-state index in [2.05, 4.69) is 30.4 Å². The van der Waals surface area contributed by atoms with Gasteiger partial charge in [0.15, 0.2) is 5.49 Å². The summed E-state index contributed by atoms with van der Waals surface area (Å²) in [5.41, 5.74) is 2.22. The summed E-state index contributed by atoms with van der Waals surface area (Å²) in [6.07, 6.45) is 2.17. The highest BCUT2D eigenvalue weighted by Crippen LogP contribution is 2.21. The Balaban J connectivity index is 2.02. The molecule has 0 saturated carbocycles. The predicted octanol–water partition coefficient (Wildman–Crippen LogP) is 2.83. The van der Waals surface area contributed by atoms with Gasteiger partial charge in [-0.1, -0.05) is 26.8 Å². The van der Waals surface area contributed by atoms with Crippen LogP contribution in [-0.4, -0.2) is 41.1 Å². The lowest BCUT2D eigenvalue weighted by Gasteiger charge is -2.21. The third kappa shape index (κ3) is 4.67. The van der Waals surface area contributed by atoms with Crippen LogP contribution in [0, 0.1) is 0 Å². The molecule has 1 amide bonds. The minimum atomic E-state index is -0.483. The molecule has 1 aliphatic rings. The van der Waals surface area contributed by atoms with Crippen molar-refractivity contribution < 1.29 is 19.1 Å². The molecule has 0 unspecified atom stereocenters. The first-order valence-electron chi connectivity index (χ1n) is 9.87. The Labute approximate surface area is 170 Å². The topological polar surface area (TPSA) is 74.8 Å². The monoisotopic (exact) mass is 399 g/mol. The van der Waals surface area contributed by atoms with Crippen molar-refractivity contribution in [3.05, 3.63) is 52.6 Å². The smallest absolute Gasteiger partial charge is 0.337 e. The molecule has 7 nitrogen and oxygen atoms in total. The van der Waals surface area contributed by atoms with Gasteiger partial charge in [-0.25, -0.2) is 4.79 Å². The fourth-order valence-electron chi connectivity index (χ4n) is 3.63. The van der Waals surface area contributed by atoms with Gasteiger partial charge in [0.05, 0.1) is 25.3 Å². The molecular weight excluding hydrogens is 370 g/mol. The minimum absolute atomic E-state index is 0.103. The van der Waals surface area contributed by atoms with Gasteiger partial charge < -0.3 is 9.47 Å². The van der Waals surface area contributed by atoms with Gasteiger partial charge >= 0.3 is 5.97 Å². The number of carbonyl (C=O) groups excluding carboxylic acids is 2. The molecule has 1 aliphatic heterocycles. The number of aromatic nitrogens is 2. The zero-order chi connectivity index (χ0) is 21.2. The SMILES string of the molecule is COC(=O)c1cccc(C(=O)/N=c2\cc(C(C)(C)C)n(C)n2C[C@H]2CCCO2)c1. The van der Waals surface area contributed by atoms with E-state index in [4.69, 9.17) is 9.47 Å². The van der Waals surface area contributed by atoms with Crippen LogP contribution >= 0.6 is 0 Å². The molecule has 0 spiro atoms.